The Balaban J connectivity index is 2.56. The minimum Gasteiger partial charge on any atom is -0.390 e. The van der Waals surface area contributed by atoms with Gasteiger partial charge in [-0.15, -0.1) is 0 Å². The van der Waals surface area contributed by atoms with Crippen LogP contribution in [-0.4, -0.2) is 48.6 Å². The van der Waals surface area contributed by atoms with Gasteiger partial charge < -0.3 is 19.7 Å². The summed E-state index contributed by atoms with van der Waals surface area (Å²) in [6, 6.07) is 0. The number of ether oxygens (including phenoxy) is 2. The first-order chi connectivity index (χ1) is 5.69. The molecule has 0 radical (unpaired) electrons. The SMILES string of the molecule is COC1C(O)CC(O)OC1CF. The van der Waals surface area contributed by atoms with E-state index in [0.717, 1.165) is 0 Å². The highest BCUT2D eigenvalue weighted by molar-refractivity contribution is 4.83. The van der Waals surface area contributed by atoms with Crippen molar-refractivity contribution in [2.45, 2.75) is 31.0 Å². The van der Waals surface area contributed by atoms with Gasteiger partial charge in [0.15, 0.2) is 6.29 Å². The van der Waals surface area contributed by atoms with E-state index < -0.39 is 31.3 Å². The first kappa shape index (κ1) is 9.85. The van der Waals surface area contributed by atoms with Gasteiger partial charge in [0.1, 0.15) is 18.9 Å². The minimum absolute atomic E-state index is 0.0645. The van der Waals surface area contributed by atoms with E-state index in [9.17, 15) is 9.50 Å². The van der Waals surface area contributed by atoms with E-state index in [4.69, 9.17) is 14.6 Å². The molecule has 1 heterocycles. The molecule has 0 amide bonds. The van der Waals surface area contributed by atoms with Gasteiger partial charge in [0.25, 0.3) is 0 Å². The van der Waals surface area contributed by atoms with Gasteiger partial charge in [-0.1, -0.05) is 0 Å². The van der Waals surface area contributed by atoms with Gasteiger partial charge in [-0.3, -0.25) is 0 Å². The second-order valence-corrected chi connectivity index (χ2v) is 2.79. The Labute approximate surface area is 69.9 Å². The predicted octanol–water partition coefficient (Wildman–Crippen LogP) is -0.561. The van der Waals surface area contributed by atoms with Crippen molar-refractivity contribution >= 4 is 0 Å². The first-order valence-corrected chi connectivity index (χ1v) is 3.79. The van der Waals surface area contributed by atoms with E-state index in [0.29, 0.717) is 0 Å². The van der Waals surface area contributed by atoms with Crippen molar-refractivity contribution in [3.63, 3.8) is 0 Å². The number of halogens is 1. The molecule has 0 aliphatic carbocycles. The van der Waals surface area contributed by atoms with Gasteiger partial charge in [0, 0.05) is 13.5 Å². The number of aliphatic hydroxyl groups excluding tert-OH is 2. The fourth-order valence-electron chi connectivity index (χ4n) is 1.36. The number of methoxy groups -OCH3 is 1. The third kappa shape index (κ3) is 1.92. The molecule has 1 fully saturated rings. The molecular formula is C7H13FO4. The molecule has 2 N–H and O–H groups in total. The second-order valence-electron chi connectivity index (χ2n) is 2.79. The number of alkyl halides is 1. The fraction of sp³-hybridized carbons (Fsp3) is 1.00. The quantitative estimate of drug-likeness (QED) is 0.598. The summed E-state index contributed by atoms with van der Waals surface area (Å²) in [6.07, 6.45) is -3.44. The van der Waals surface area contributed by atoms with Gasteiger partial charge in [0.05, 0.1) is 6.10 Å². The average molecular weight is 180 g/mol. The van der Waals surface area contributed by atoms with E-state index in [1.54, 1.807) is 0 Å². The van der Waals surface area contributed by atoms with Crippen molar-refractivity contribution in [2.75, 3.05) is 13.8 Å². The van der Waals surface area contributed by atoms with Gasteiger partial charge in [-0.25, -0.2) is 4.39 Å². The van der Waals surface area contributed by atoms with E-state index in [-0.39, 0.29) is 6.42 Å². The van der Waals surface area contributed by atoms with Crippen LogP contribution in [0.25, 0.3) is 0 Å². The highest BCUT2D eigenvalue weighted by Gasteiger charge is 2.37. The zero-order valence-corrected chi connectivity index (χ0v) is 6.81. The summed E-state index contributed by atoms with van der Waals surface area (Å²) in [5, 5.41) is 18.3. The Bertz CT molecular complexity index is 143. The van der Waals surface area contributed by atoms with Crippen molar-refractivity contribution in [1.82, 2.24) is 0 Å². The van der Waals surface area contributed by atoms with Crippen LogP contribution in [0.5, 0.6) is 0 Å². The zero-order valence-electron chi connectivity index (χ0n) is 6.81. The molecule has 4 nitrogen and oxygen atoms in total. The molecule has 0 spiro atoms. The maximum Gasteiger partial charge on any atom is 0.157 e. The fourth-order valence-corrected chi connectivity index (χ4v) is 1.36. The lowest BCUT2D eigenvalue weighted by atomic mass is 10.0. The molecule has 0 bridgehead atoms. The topological polar surface area (TPSA) is 58.9 Å². The molecule has 0 aromatic rings. The molecule has 4 unspecified atom stereocenters. The molecule has 1 aliphatic heterocycles. The molecule has 12 heavy (non-hydrogen) atoms. The van der Waals surface area contributed by atoms with Crippen molar-refractivity contribution in [3.8, 4) is 0 Å². The second kappa shape index (κ2) is 4.13. The summed E-state index contributed by atoms with van der Waals surface area (Å²) in [7, 11) is 1.37. The largest absolute Gasteiger partial charge is 0.390 e. The Hall–Kier alpha value is -0.230. The number of hydrogen-bond donors (Lipinski definition) is 2. The maximum atomic E-state index is 12.2. The van der Waals surface area contributed by atoms with Crippen LogP contribution in [0.2, 0.25) is 0 Å². The molecule has 5 heteroatoms. The van der Waals surface area contributed by atoms with Crippen LogP contribution in [0.3, 0.4) is 0 Å². The standard InChI is InChI=1S/C7H13FO4/c1-11-7-4(9)2-6(10)12-5(7)3-8/h4-7,9-10H,2-3H2,1H3. The Morgan fingerprint density at radius 2 is 2.25 bits per heavy atom. The lowest BCUT2D eigenvalue weighted by molar-refractivity contribution is -0.240. The Kier molecular flexibility index (Phi) is 3.39. The number of rotatable bonds is 2. The van der Waals surface area contributed by atoms with E-state index in [2.05, 4.69) is 0 Å². The summed E-state index contributed by atoms with van der Waals surface area (Å²) in [5.74, 6) is 0. The van der Waals surface area contributed by atoms with E-state index in [1.807, 2.05) is 0 Å². The summed E-state index contributed by atoms with van der Waals surface area (Å²) < 4.78 is 21.9. The smallest absolute Gasteiger partial charge is 0.157 e. The van der Waals surface area contributed by atoms with Gasteiger partial charge in [-0.05, 0) is 0 Å². The predicted molar refractivity (Wildman–Crippen MR) is 38.3 cm³/mol. The highest BCUT2D eigenvalue weighted by Crippen LogP contribution is 2.21. The zero-order chi connectivity index (χ0) is 9.14. The summed E-state index contributed by atoms with van der Waals surface area (Å²) in [6.45, 7) is -0.771. The molecule has 0 aromatic heterocycles. The molecule has 72 valence electrons. The van der Waals surface area contributed by atoms with Crippen molar-refractivity contribution in [2.24, 2.45) is 0 Å². The molecule has 0 aromatic carbocycles. The van der Waals surface area contributed by atoms with Gasteiger partial charge >= 0.3 is 0 Å². The monoisotopic (exact) mass is 180 g/mol. The van der Waals surface area contributed by atoms with Crippen LogP contribution in [0, 0.1) is 0 Å². The number of aliphatic hydroxyl groups is 2. The van der Waals surface area contributed by atoms with Gasteiger partial charge in [0.2, 0.25) is 0 Å². The Morgan fingerprint density at radius 1 is 1.58 bits per heavy atom. The van der Waals surface area contributed by atoms with Crippen LogP contribution in [-0.2, 0) is 9.47 Å². The van der Waals surface area contributed by atoms with Crippen molar-refractivity contribution in [3.05, 3.63) is 0 Å². The minimum atomic E-state index is -1.09. The average Bonchev–Trinajstić information content (AvgIpc) is 2.03. The van der Waals surface area contributed by atoms with E-state index in [1.165, 1.54) is 7.11 Å². The molecular weight excluding hydrogens is 167 g/mol. The number of hydrogen-bond acceptors (Lipinski definition) is 4. The summed E-state index contributed by atoms with van der Waals surface area (Å²) in [4.78, 5) is 0. The molecule has 1 aliphatic rings. The lowest BCUT2D eigenvalue weighted by Crippen LogP contribution is -2.50. The van der Waals surface area contributed by atoms with Crippen LogP contribution in [0.4, 0.5) is 4.39 Å². The lowest BCUT2D eigenvalue weighted by Gasteiger charge is -2.35. The van der Waals surface area contributed by atoms with Crippen molar-refractivity contribution < 1.29 is 24.1 Å². The molecule has 0 saturated carbocycles. The third-order valence-electron chi connectivity index (χ3n) is 1.94. The van der Waals surface area contributed by atoms with Gasteiger partial charge in [-0.2, -0.15) is 0 Å². The van der Waals surface area contributed by atoms with Crippen LogP contribution >= 0.6 is 0 Å². The van der Waals surface area contributed by atoms with E-state index >= 15 is 0 Å². The molecule has 1 saturated heterocycles. The first-order valence-electron chi connectivity index (χ1n) is 3.79. The van der Waals surface area contributed by atoms with Crippen LogP contribution in [0.1, 0.15) is 6.42 Å². The summed E-state index contributed by atoms with van der Waals surface area (Å²) >= 11 is 0. The summed E-state index contributed by atoms with van der Waals surface area (Å²) in [5.41, 5.74) is 0. The molecule has 1 rings (SSSR count). The third-order valence-corrected chi connectivity index (χ3v) is 1.94. The van der Waals surface area contributed by atoms with Crippen LogP contribution in [0.15, 0.2) is 0 Å². The maximum absolute atomic E-state index is 12.2. The highest BCUT2D eigenvalue weighted by atomic mass is 19.1. The van der Waals surface area contributed by atoms with Crippen LogP contribution < -0.4 is 0 Å². The Morgan fingerprint density at radius 3 is 2.75 bits per heavy atom. The van der Waals surface area contributed by atoms with Crippen molar-refractivity contribution in [1.29, 1.82) is 0 Å². The molecule has 4 atom stereocenters. The normalized spacial score (nSPS) is 43.0.